The Hall–Kier alpha value is -0.610. The second-order valence-corrected chi connectivity index (χ2v) is 6.26. The van der Waals surface area contributed by atoms with E-state index in [1.807, 2.05) is 0 Å². The molecule has 2 aliphatic rings. The van der Waals surface area contributed by atoms with Gasteiger partial charge in [0.05, 0.1) is 5.92 Å². The van der Waals surface area contributed by atoms with Crippen molar-refractivity contribution < 1.29 is 4.79 Å². The van der Waals surface area contributed by atoms with Gasteiger partial charge in [-0.1, -0.05) is 25.7 Å². The highest BCUT2D eigenvalue weighted by Gasteiger charge is 2.28. The lowest BCUT2D eigenvalue weighted by Crippen LogP contribution is -2.45. The van der Waals surface area contributed by atoms with E-state index in [0.717, 1.165) is 38.4 Å². The Morgan fingerprint density at radius 3 is 2.47 bits per heavy atom. The number of amides is 1. The van der Waals surface area contributed by atoms with Crippen molar-refractivity contribution in [2.24, 2.45) is 11.7 Å². The summed E-state index contributed by atoms with van der Waals surface area (Å²) in [7, 11) is 2.18. The van der Waals surface area contributed by atoms with Gasteiger partial charge in [0.1, 0.15) is 0 Å². The van der Waals surface area contributed by atoms with Gasteiger partial charge in [-0.2, -0.15) is 0 Å². The Labute approximate surface area is 117 Å². The highest BCUT2D eigenvalue weighted by Crippen LogP contribution is 2.23. The number of likely N-dealkylation sites (N-methyl/N-ethyl adjacent to an activating group) is 1. The second-order valence-electron chi connectivity index (χ2n) is 6.26. The molecular weight excluding hydrogens is 238 g/mol. The van der Waals surface area contributed by atoms with E-state index in [9.17, 15) is 4.79 Å². The van der Waals surface area contributed by atoms with E-state index in [-0.39, 0.29) is 17.9 Å². The van der Waals surface area contributed by atoms with Gasteiger partial charge in [-0.25, -0.2) is 0 Å². The molecule has 0 aliphatic heterocycles. The van der Waals surface area contributed by atoms with Crippen LogP contribution in [0.5, 0.6) is 0 Å². The van der Waals surface area contributed by atoms with Crippen molar-refractivity contribution in [1.82, 2.24) is 10.2 Å². The third kappa shape index (κ3) is 4.18. The maximum absolute atomic E-state index is 12.1. The third-order valence-electron chi connectivity index (χ3n) is 4.87. The van der Waals surface area contributed by atoms with Crippen LogP contribution in [0.15, 0.2) is 0 Å². The molecule has 0 aromatic heterocycles. The zero-order chi connectivity index (χ0) is 13.7. The molecule has 0 saturated heterocycles. The Balaban J connectivity index is 1.65. The van der Waals surface area contributed by atoms with E-state index in [1.165, 1.54) is 32.1 Å². The van der Waals surface area contributed by atoms with Gasteiger partial charge in [0, 0.05) is 25.2 Å². The fourth-order valence-corrected chi connectivity index (χ4v) is 3.50. The van der Waals surface area contributed by atoms with Crippen molar-refractivity contribution in [2.45, 2.75) is 63.5 Å². The molecule has 2 aliphatic carbocycles. The number of nitrogens with one attached hydrogen (secondary N) is 1. The molecule has 1 amide bonds. The summed E-state index contributed by atoms with van der Waals surface area (Å²) >= 11 is 0. The van der Waals surface area contributed by atoms with Crippen LogP contribution in [0.2, 0.25) is 0 Å². The fourth-order valence-electron chi connectivity index (χ4n) is 3.50. The molecule has 110 valence electrons. The zero-order valence-corrected chi connectivity index (χ0v) is 12.2. The minimum atomic E-state index is 0.0468. The predicted octanol–water partition coefficient (Wildman–Crippen LogP) is 1.49. The Kier molecular flexibility index (Phi) is 5.64. The summed E-state index contributed by atoms with van der Waals surface area (Å²) in [5.74, 6) is 0.220. The quantitative estimate of drug-likeness (QED) is 0.793. The highest BCUT2D eigenvalue weighted by atomic mass is 16.1. The lowest BCUT2D eigenvalue weighted by molar-refractivity contribution is -0.126. The molecule has 0 aromatic carbocycles. The van der Waals surface area contributed by atoms with Gasteiger partial charge in [0.2, 0.25) is 5.91 Å². The fraction of sp³-hybridized carbons (Fsp3) is 0.933. The SMILES string of the molecule is CN(CCNC(=O)C1CCCCC1N)C1CCCC1. The Morgan fingerprint density at radius 1 is 1.16 bits per heavy atom. The maximum Gasteiger partial charge on any atom is 0.224 e. The zero-order valence-electron chi connectivity index (χ0n) is 12.2. The molecule has 0 radical (unpaired) electrons. The van der Waals surface area contributed by atoms with Crippen molar-refractivity contribution in [3.63, 3.8) is 0 Å². The molecular formula is C15H29N3O. The summed E-state index contributed by atoms with van der Waals surface area (Å²) in [4.78, 5) is 14.5. The number of carbonyl (C=O) groups is 1. The highest BCUT2D eigenvalue weighted by molar-refractivity contribution is 5.79. The van der Waals surface area contributed by atoms with Gasteiger partial charge in [0.15, 0.2) is 0 Å². The molecule has 2 unspecified atom stereocenters. The normalized spacial score (nSPS) is 28.8. The number of hydrogen-bond acceptors (Lipinski definition) is 3. The average molecular weight is 267 g/mol. The van der Waals surface area contributed by atoms with Crippen LogP contribution >= 0.6 is 0 Å². The van der Waals surface area contributed by atoms with Gasteiger partial charge in [-0.15, -0.1) is 0 Å². The van der Waals surface area contributed by atoms with E-state index in [1.54, 1.807) is 0 Å². The number of nitrogens with two attached hydrogens (primary N) is 1. The topological polar surface area (TPSA) is 58.4 Å². The van der Waals surface area contributed by atoms with Crippen LogP contribution in [-0.2, 0) is 4.79 Å². The predicted molar refractivity (Wildman–Crippen MR) is 77.8 cm³/mol. The van der Waals surface area contributed by atoms with E-state index in [0.29, 0.717) is 0 Å². The van der Waals surface area contributed by atoms with E-state index in [4.69, 9.17) is 5.73 Å². The van der Waals surface area contributed by atoms with Crippen LogP contribution in [0.4, 0.5) is 0 Å². The summed E-state index contributed by atoms with van der Waals surface area (Å²) < 4.78 is 0. The van der Waals surface area contributed by atoms with Crippen molar-refractivity contribution in [3.05, 3.63) is 0 Å². The second kappa shape index (κ2) is 7.25. The minimum absolute atomic E-state index is 0.0468. The summed E-state index contributed by atoms with van der Waals surface area (Å²) in [5.41, 5.74) is 6.04. The first-order valence-electron chi connectivity index (χ1n) is 7.92. The van der Waals surface area contributed by atoms with Gasteiger partial charge in [-0.05, 0) is 32.7 Å². The molecule has 0 heterocycles. The smallest absolute Gasteiger partial charge is 0.224 e. The first-order chi connectivity index (χ1) is 9.18. The first-order valence-corrected chi connectivity index (χ1v) is 7.92. The molecule has 0 aromatic rings. The summed E-state index contributed by atoms with van der Waals surface area (Å²) in [6, 6.07) is 0.801. The van der Waals surface area contributed by atoms with Crippen molar-refractivity contribution in [2.75, 3.05) is 20.1 Å². The molecule has 2 fully saturated rings. The molecule has 0 spiro atoms. The molecule has 4 heteroatoms. The number of carbonyl (C=O) groups excluding carboxylic acids is 1. The summed E-state index contributed by atoms with van der Waals surface area (Å²) in [5, 5.41) is 3.08. The van der Waals surface area contributed by atoms with E-state index < -0.39 is 0 Å². The molecule has 19 heavy (non-hydrogen) atoms. The lowest BCUT2D eigenvalue weighted by atomic mass is 9.84. The van der Waals surface area contributed by atoms with Gasteiger partial charge in [-0.3, -0.25) is 4.79 Å². The van der Waals surface area contributed by atoms with Crippen molar-refractivity contribution in [3.8, 4) is 0 Å². The van der Waals surface area contributed by atoms with Crippen LogP contribution < -0.4 is 11.1 Å². The molecule has 3 N–H and O–H groups in total. The monoisotopic (exact) mass is 267 g/mol. The first kappa shape index (κ1) is 14.8. The number of nitrogens with zero attached hydrogens (tertiary/aromatic N) is 1. The summed E-state index contributed by atoms with van der Waals surface area (Å²) in [6.45, 7) is 1.72. The third-order valence-corrected chi connectivity index (χ3v) is 4.87. The minimum Gasteiger partial charge on any atom is -0.355 e. The molecule has 4 nitrogen and oxygen atoms in total. The largest absolute Gasteiger partial charge is 0.355 e. The van der Waals surface area contributed by atoms with Crippen molar-refractivity contribution >= 4 is 5.91 Å². The molecule has 2 saturated carbocycles. The maximum atomic E-state index is 12.1. The van der Waals surface area contributed by atoms with Gasteiger partial charge >= 0.3 is 0 Å². The number of hydrogen-bond donors (Lipinski definition) is 2. The Bertz CT molecular complexity index is 289. The van der Waals surface area contributed by atoms with Crippen molar-refractivity contribution in [1.29, 1.82) is 0 Å². The molecule has 2 rings (SSSR count). The van der Waals surface area contributed by atoms with Crippen LogP contribution in [0, 0.1) is 5.92 Å². The lowest BCUT2D eigenvalue weighted by Gasteiger charge is -2.28. The molecule has 2 atom stereocenters. The van der Waals surface area contributed by atoms with Gasteiger partial charge in [0.25, 0.3) is 0 Å². The average Bonchev–Trinajstić information content (AvgIpc) is 2.93. The van der Waals surface area contributed by atoms with Gasteiger partial charge < -0.3 is 16.0 Å². The van der Waals surface area contributed by atoms with Crippen LogP contribution in [-0.4, -0.2) is 43.0 Å². The van der Waals surface area contributed by atoms with Crippen LogP contribution in [0.25, 0.3) is 0 Å². The van der Waals surface area contributed by atoms with E-state index in [2.05, 4.69) is 17.3 Å². The Morgan fingerprint density at radius 2 is 1.79 bits per heavy atom. The summed E-state index contributed by atoms with van der Waals surface area (Å²) in [6.07, 6.45) is 9.64. The van der Waals surface area contributed by atoms with E-state index >= 15 is 0 Å². The van der Waals surface area contributed by atoms with Crippen LogP contribution in [0.3, 0.4) is 0 Å². The molecule has 0 bridgehead atoms. The van der Waals surface area contributed by atoms with Crippen LogP contribution in [0.1, 0.15) is 51.4 Å². The standard InChI is InChI=1S/C15H29N3O/c1-18(12-6-2-3-7-12)11-10-17-15(19)13-8-4-5-9-14(13)16/h12-14H,2-11,16H2,1H3,(H,17,19). The number of rotatable bonds is 5.